The van der Waals surface area contributed by atoms with Gasteiger partial charge in [0.25, 0.3) is 0 Å². The van der Waals surface area contributed by atoms with Crippen LogP contribution in [0.2, 0.25) is 0 Å². The molecular weight excluding hydrogens is 422 g/mol. The van der Waals surface area contributed by atoms with E-state index in [2.05, 4.69) is 12.2 Å². The first kappa shape index (κ1) is 20.3. The Balaban J connectivity index is 1.40. The zero-order valence-electron chi connectivity index (χ0n) is 18.0. The molecule has 2 bridgehead atoms. The number of carbonyl (C=O) groups excluding carboxylic acids is 1. The van der Waals surface area contributed by atoms with Gasteiger partial charge in [0, 0.05) is 5.92 Å². The Hall–Kier alpha value is -2.28. The van der Waals surface area contributed by atoms with Crippen molar-refractivity contribution in [3.63, 3.8) is 0 Å². The van der Waals surface area contributed by atoms with Crippen LogP contribution in [0.15, 0.2) is 71.6 Å². The molecule has 3 fully saturated rings. The van der Waals surface area contributed by atoms with Gasteiger partial charge in [-0.3, -0.25) is 4.79 Å². The van der Waals surface area contributed by atoms with Crippen LogP contribution in [0.1, 0.15) is 30.0 Å². The monoisotopic (exact) mass is 449 g/mol. The standard InChI is InChI=1S/C26H27NO4S/c1-16-7-11-20(12-8-16)32(29,30)27-23(17-5-3-2-4-6-17)15-31-26(27)22-14-21-18-9-10-19(13-18)24(21)25(22)28/h2-12,18-19,21-24,26H,13-15H2,1H3/t18-,19+,21-,22+,23+,24-,26-/m0/s1. The molecule has 0 spiro atoms. The Morgan fingerprint density at radius 3 is 2.38 bits per heavy atom. The normalized spacial score (nSPS) is 36.2. The Kier molecular flexibility index (Phi) is 4.68. The number of Topliss-reactive ketones (excluding diaryl/α,β-unsaturated/α-hetero) is 1. The SMILES string of the molecule is Cc1ccc(S(=O)(=O)N2[C@@H](c3ccccc3)CO[C@H]2[C@@H]2C[C@@H]3[C@@H](C2=O)[C@@H]2C=C[C@H]3C2)cc1. The molecule has 6 rings (SSSR count). The summed E-state index contributed by atoms with van der Waals surface area (Å²) in [4.78, 5) is 13.8. The number of nitrogens with zero attached hydrogens (tertiary/aromatic N) is 1. The van der Waals surface area contributed by atoms with E-state index in [9.17, 15) is 13.2 Å². The first-order chi connectivity index (χ1) is 15.4. The topological polar surface area (TPSA) is 63.7 Å². The number of carbonyl (C=O) groups is 1. The van der Waals surface area contributed by atoms with E-state index in [1.165, 1.54) is 4.31 Å². The smallest absolute Gasteiger partial charge is 0.245 e. The second-order valence-electron chi connectivity index (χ2n) is 9.68. The Labute approximate surface area is 189 Å². The van der Waals surface area contributed by atoms with Gasteiger partial charge in [-0.2, -0.15) is 4.31 Å². The first-order valence-electron chi connectivity index (χ1n) is 11.4. The van der Waals surface area contributed by atoms with Gasteiger partial charge in [0.05, 0.1) is 23.5 Å². The Bertz CT molecular complexity index is 1170. The molecule has 0 unspecified atom stereocenters. The lowest BCUT2D eigenvalue weighted by Gasteiger charge is -2.31. The van der Waals surface area contributed by atoms with Crippen molar-refractivity contribution >= 4 is 15.8 Å². The van der Waals surface area contributed by atoms with Gasteiger partial charge in [0.2, 0.25) is 10.0 Å². The minimum absolute atomic E-state index is 0.0262. The van der Waals surface area contributed by atoms with Gasteiger partial charge in [-0.05, 0) is 55.2 Å². The highest BCUT2D eigenvalue weighted by molar-refractivity contribution is 7.89. The van der Waals surface area contributed by atoms with E-state index in [4.69, 9.17) is 4.74 Å². The predicted octanol–water partition coefficient (Wildman–Crippen LogP) is 4.11. The third-order valence-electron chi connectivity index (χ3n) is 7.95. The van der Waals surface area contributed by atoms with Crippen molar-refractivity contribution in [2.24, 2.45) is 29.6 Å². The number of allylic oxidation sites excluding steroid dienone is 2. The van der Waals surface area contributed by atoms with Crippen molar-refractivity contribution in [1.82, 2.24) is 4.31 Å². The number of ketones is 1. The van der Waals surface area contributed by atoms with Gasteiger partial charge in [-0.15, -0.1) is 0 Å². The molecule has 32 heavy (non-hydrogen) atoms. The van der Waals surface area contributed by atoms with Gasteiger partial charge >= 0.3 is 0 Å². The van der Waals surface area contributed by atoms with Crippen LogP contribution in [0.3, 0.4) is 0 Å². The summed E-state index contributed by atoms with van der Waals surface area (Å²) in [6.45, 7) is 2.19. The molecule has 1 aliphatic heterocycles. The van der Waals surface area contributed by atoms with Crippen LogP contribution in [-0.4, -0.2) is 31.3 Å². The molecule has 166 valence electrons. The zero-order chi connectivity index (χ0) is 22.0. The third kappa shape index (κ3) is 2.96. The van der Waals surface area contributed by atoms with E-state index in [0.29, 0.717) is 24.2 Å². The molecule has 4 aliphatic rings. The van der Waals surface area contributed by atoms with E-state index < -0.39 is 28.2 Å². The summed E-state index contributed by atoms with van der Waals surface area (Å²) in [6, 6.07) is 16.1. The fourth-order valence-electron chi connectivity index (χ4n) is 6.44. The largest absolute Gasteiger partial charge is 0.359 e. The highest BCUT2D eigenvalue weighted by Gasteiger charge is 2.59. The van der Waals surface area contributed by atoms with Gasteiger partial charge in [0.15, 0.2) is 0 Å². The van der Waals surface area contributed by atoms with Crippen molar-refractivity contribution in [1.29, 1.82) is 0 Å². The summed E-state index contributed by atoms with van der Waals surface area (Å²) >= 11 is 0. The van der Waals surface area contributed by atoms with Gasteiger partial charge in [0.1, 0.15) is 12.0 Å². The first-order valence-corrected chi connectivity index (χ1v) is 12.9. The van der Waals surface area contributed by atoms with Crippen molar-refractivity contribution in [2.45, 2.75) is 36.9 Å². The van der Waals surface area contributed by atoms with Gasteiger partial charge in [-0.25, -0.2) is 8.42 Å². The van der Waals surface area contributed by atoms with E-state index in [0.717, 1.165) is 17.5 Å². The van der Waals surface area contributed by atoms with Crippen LogP contribution in [0, 0.1) is 36.5 Å². The van der Waals surface area contributed by atoms with Crippen LogP contribution in [0.4, 0.5) is 0 Å². The minimum atomic E-state index is -3.86. The second kappa shape index (κ2) is 7.37. The molecule has 0 amide bonds. The molecular formula is C26H27NO4S. The number of hydrogen-bond acceptors (Lipinski definition) is 4. The molecule has 6 heteroatoms. The molecule has 0 aromatic heterocycles. The van der Waals surface area contributed by atoms with Crippen LogP contribution in [0.5, 0.6) is 0 Å². The molecule has 1 saturated heterocycles. The molecule has 0 N–H and O–H groups in total. The van der Waals surface area contributed by atoms with Gasteiger partial charge < -0.3 is 4.74 Å². The number of rotatable bonds is 4. The number of hydrogen-bond donors (Lipinski definition) is 0. The average molecular weight is 450 g/mol. The number of fused-ring (bicyclic) bond motifs is 5. The predicted molar refractivity (Wildman–Crippen MR) is 120 cm³/mol. The zero-order valence-corrected chi connectivity index (χ0v) is 18.8. The van der Waals surface area contributed by atoms with Crippen LogP contribution < -0.4 is 0 Å². The number of aryl methyl sites for hydroxylation is 1. The molecule has 3 aliphatic carbocycles. The minimum Gasteiger partial charge on any atom is -0.359 e. The molecule has 7 atom stereocenters. The maximum atomic E-state index is 13.9. The summed E-state index contributed by atoms with van der Waals surface area (Å²) in [7, 11) is -3.86. The van der Waals surface area contributed by atoms with E-state index in [1.54, 1.807) is 12.1 Å². The Morgan fingerprint density at radius 1 is 0.938 bits per heavy atom. The lowest BCUT2D eigenvalue weighted by atomic mass is 9.86. The third-order valence-corrected chi connectivity index (χ3v) is 9.84. The molecule has 2 aromatic rings. The van der Waals surface area contributed by atoms with Crippen LogP contribution in [-0.2, 0) is 19.6 Å². The number of ether oxygens (including phenoxy) is 1. The molecule has 2 aromatic carbocycles. The molecule has 0 radical (unpaired) electrons. The van der Waals surface area contributed by atoms with Crippen molar-refractivity contribution in [2.75, 3.05) is 6.61 Å². The second-order valence-corrected chi connectivity index (χ2v) is 11.5. The molecule has 1 heterocycles. The lowest BCUT2D eigenvalue weighted by molar-refractivity contribution is -0.129. The summed E-state index contributed by atoms with van der Waals surface area (Å²) in [5.74, 6) is 0.895. The van der Waals surface area contributed by atoms with Crippen molar-refractivity contribution in [3.8, 4) is 0 Å². The Morgan fingerprint density at radius 2 is 1.66 bits per heavy atom. The number of sulfonamides is 1. The van der Waals surface area contributed by atoms with Gasteiger partial charge in [-0.1, -0.05) is 60.2 Å². The fourth-order valence-corrected chi connectivity index (χ4v) is 8.17. The van der Waals surface area contributed by atoms with E-state index >= 15 is 0 Å². The lowest BCUT2D eigenvalue weighted by Crippen LogP contribution is -2.44. The van der Waals surface area contributed by atoms with Crippen molar-refractivity contribution in [3.05, 3.63) is 77.9 Å². The maximum absolute atomic E-state index is 13.9. The van der Waals surface area contributed by atoms with Crippen LogP contribution >= 0.6 is 0 Å². The summed E-state index contributed by atoms with van der Waals surface area (Å²) < 4.78 is 35.5. The van der Waals surface area contributed by atoms with Crippen molar-refractivity contribution < 1.29 is 17.9 Å². The maximum Gasteiger partial charge on any atom is 0.245 e. The quantitative estimate of drug-likeness (QED) is 0.659. The highest BCUT2D eigenvalue weighted by atomic mass is 32.2. The molecule has 2 saturated carbocycles. The molecule has 5 nitrogen and oxygen atoms in total. The average Bonchev–Trinajstić information content (AvgIpc) is 3.56. The fraction of sp³-hybridized carbons (Fsp3) is 0.423. The summed E-state index contributed by atoms with van der Waals surface area (Å²) in [5, 5.41) is 0. The summed E-state index contributed by atoms with van der Waals surface area (Å²) in [5.41, 5.74) is 1.89. The van der Waals surface area contributed by atoms with E-state index in [1.807, 2.05) is 49.4 Å². The highest BCUT2D eigenvalue weighted by Crippen LogP contribution is 2.57. The number of benzene rings is 2. The summed E-state index contributed by atoms with van der Waals surface area (Å²) in [6.07, 6.45) is 5.46. The van der Waals surface area contributed by atoms with E-state index in [-0.39, 0.29) is 23.2 Å². The van der Waals surface area contributed by atoms with Crippen LogP contribution in [0.25, 0.3) is 0 Å².